The largest absolute Gasteiger partial charge is 0.478 e. The molecule has 1 aliphatic rings. The Bertz CT molecular complexity index is 491. The molecule has 1 aliphatic carbocycles. The van der Waals surface area contributed by atoms with Crippen LogP contribution in [0.1, 0.15) is 33.6 Å². The van der Waals surface area contributed by atoms with Gasteiger partial charge >= 0.3 is 18.0 Å². The van der Waals surface area contributed by atoms with Crippen LogP contribution >= 0.6 is 0 Å². The number of hydrogen-bond donors (Lipinski definition) is 4. The minimum Gasteiger partial charge on any atom is -0.478 e. The zero-order valence-corrected chi connectivity index (χ0v) is 11.5. The van der Waals surface area contributed by atoms with E-state index in [0.717, 1.165) is 0 Å². The van der Waals surface area contributed by atoms with Crippen molar-refractivity contribution in [1.29, 1.82) is 0 Å². The number of nitrogens with two attached hydrogens (primary N) is 1. The topological polar surface area (TPSA) is 139 Å². The zero-order chi connectivity index (χ0) is 15.7. The van der Waals surface area contributed by atoms with Crippen molar-refractivity contribution in [3.8, 4) is 0 Å². The molecule has 0 radical (unpaired) electrons. The van der Waals surface area contributed by atoms with Gasteiger partial charge in [-0.2, -0.15) is 0 Å². The average molecular weight is 286 g/mol. The first-order valence-corrected chi connectivity index (χ1v) is 5.96. The molecule has 0 heterocycles. The van der Waals surface area contributed by atoms with E-state index in [0.29, 0.717) is 0 Å². The van der Waals surface area contributed by atoms with Gasteiger partial charge in [0, 0.05) is 0 Å². The third-order valence-corrected chi connectivity index (χ3v) is 2.71. The fourth-order valence-corrected chi connectivity index (χ4v) is 1.99. The van der Waals surface area contributed by atoms with E-state index in [-0.39, 0.29) is 18.4 Å². The third kappa shape index (κ3) is 3.47. The Hall–Kier alpha value is -2.09. The van der Waals surface area contributed by atoms with Gasteiger partial charge in [-0.15, -0.1) is 0 Å². The molecule has 1 rings (SSSR count). The van der Waals surface area contributed by atoms with E-state index in [9.17, 15) is 14.4 Å². The highest BCUT2D eigenvalue weighted by Crippen LogP contribution is 2.32. The lowest BCUT2D eigenvalue weighted by molar-refractivity contribution is -0.136. The second-order valence-corrected chi connectivity index (χ2v) is 5.56. The number of carboxylic acids is 2. The van der Waals surface area contributed by atoms with Gasteiger partial charge in [0.2, 0.25) is 0 Å². The molecule has 0 aromatic rings. The molecule has 5 N–H and O–H groups in total. The van der Waals surface area contributed by atoms with E-state index in [1.807, 2.05) is 0 Å². The van der Waals surface area contributed by atoms with Crippen molar-refractivity contribution in [3.63, 3.8) is 0 Å². The molecule has 1 amide bonds. The first kappa shape index (κ1) is 16.0. The van der Waals surface area contributed by atoms with Crippen molar-refractivity contribution < 1.29 is 29.3 Å². The molecular weight excluding hydrogens is 268 g/mol. The molecule has 1 unspecified atom stereocenters. The Labute approximate surface area is 115 Å². The SMILES string of the molecule is CC(C)(C)OC(=O)NC1(N)CCC(C(=O)O)=C1C(=O)O. The Morgan fingerprint density at radius 1 is 1.25 bits per heavy atom. The van der Waals surface area contributed by atoms with E-state index >= 15 is 0 Å². The Morgan fingerprint density at radius 2 is 1.80 bits per heavy atom. The number of ether oxygens (including phenoxy) is 1. The highest BCUT2D eigenvalue weighted by molar-refractivity contribution is 6.02. The van der Waals surface area contributed by atoms with Gasteiger partial charge in [-0.1, -0.05) is 0 Å². The molecule has 0 saturated heterocycles. The van der Waals surface area contributed by atoms with Crippen molar-refractivity contribution in [1.82, 2.24) is 5.32 Å². The van der Waals surface area contributed by atoms with Crippen LogP contribution in [-0.4, -0.2) is 39.5 Å². The summed E-state index contributed by atoms with van der Waals surface area (Å²) in [6.07, 6.45) is -0.955. The Kier molecular flexibility index (Phi) is 4.09. The molecular formula is C12H18N2O6. The van der Waals surface area contributed by atoms with Crippen LogP contribution in [0.25, 0.3) is 0 Å². The van der Waals surface area contributed by atoms with Gasteiger partial charge in [0.05, 0.1) is 11.1 Å². The van der Waals surface area contributed by atoms with Crippen molar-refractivity contribution in [2.24, 2.45) is 5.73 Å². The maximum atomic E-state index is 11.7. The molecule has 0 aromatic carbocycles. The van der Waals surface area contributed by atoms with Crippen molar-refractivity contribution in [2.45, 2.75) is 44.9 Å². The zero-order valence-electron chi connectivity index (χ0n) is 11.5. The summed E-state index contributed by atoms with van der Waals surface area (Å²) < 4.78 is 5.00. The van der Waals surface area contributed by atoms with E-state index in [1.165, 1.54) is 0 Å². The minimum atomic E-state index is -1.75. The lowest BCUT2D eigenvalue weighted by Crippen LogP contribution is -2.58. The van der Waals surface area contributed by atoms with Crippen LogP contribution in [0.2, 0.25) is 0 Å². The molecule has 1 atom stereocenters. The molecule has 112 valence electrons. The normalized spacial score (nSPS) is 22.6. The van der Waals surface area contributed by atoms with E-state index in [4.69, 9.17) is 20.7 Å². The average Bonchev–Trinajstić information content (AvgIpc) is 2.52. The van der Waals surface area contributed by atoms with E-state index in [2.05, 4.69) is 5.32 Å². The first-order chi connectivity index (χ1) is 8.96. The number of carboxylic acid groups (broad SMARTS) is 2. The molecule has 0 saturated carbocycles. The van der Waals surface area contributed by atoms with Crippen molar-refractivity contribution in [3.05, 3.63) is 11.1 Å². The van der Waals surface area contributed by atoms with Crippen LogP contribution in [0.3, 0.4) is 0 Å². The molecule has 8 nitrogen and oxygen atoms in total. The summed E-state index contributed by atoms with van der Waals surface area (Å²) in [4.78, 5) is 33.9. The van der Waals surface area contributed by atoms with E-state index < -0.39 is 34.9 Å². The van der Waals surface area contributed by atoms with Crippen LogP contribution in [0, 0.1) is 0 Å². The number of nitrogens with one attached hydrogen (secondary N) is 1. The van der Waals surface area contributed by atoms with Crippen LogP contribution in [0.4, 0.5) is 4.79 Å². The monoisotopic (exact) mass is 286 g/mol. The number of carbonyl (C=O) groups excluding carboxylic acids is 1. The molecule has 8 heteroatoms. The summed E-state index contributed by atoms with van der Waals surface area (Å²) in [6.45, 7) is 4.92. The summed E-state index contributed by atoms with van der Waals surface area (Å²) in [7, 11) is 0. The standard InChI is InChI=1S/C12H18N2O6/c1-11(2,3)20-10(19)14-12(13)5-4-6(8(15)16)7(12)9(17)18/h4-5,13H2,1-3H3,(H,14,19)(H,15,16)(H,17,18). The quantitative estimate of drug-likeness (QED) is 0.551. The van der Waals surface area contributed by atoms with Gasteiger partial charge in [0.25, 0.3) is 0 Å². The van der Waals surface area contributed by atoms with Crippen LogP contribution in [0.15, 0.2) is 11.1 Å². The van der Waals surface area contributed by atoms with Gasteiger partial charge in [-0.05, 0) is 33.6 Å². The van der Waals surface area contributed by atoms with Gasteiger partial charge in [0.1, 0.15) is 11.3 Å². The van der Waals surface area contributed by atoms with Crippen LogP contribution in [-0.2, 0) is 14.3 Å². The van der Waals surface area contributed by atoms with Crippen molar-refractivity contribution >= 4 is 18.0 Å². The number of alkyl carbamates (subject to hydrolysis) is 1. The summed E-state index contributed by atoms with van der Waals surface area (Å²) in [5, 5.41) is 20.3. The van der Waals surface area contributed by atoms with E-state index in [1.54, 1.807) is 20.8 Å². The fraction of sp³-hybridized carbons (Fsp3) is 0.583. The highest BCUT2D eigenvalue weighted by Gasteiger charge is 2.45. The maximum Gasteiger partial charge on any atom is 0.409 e. The van der Waals surface area contributed by atoms with Crippen LogP contribution < -0.4 is 11.1 Å². The number of carbonyl (C=O) groups is 3. The van der Waals surface area contributed by atoms with Crippen LogP contribution in [0.5, 0.6) is 0 Å². The fourth-order valence-electron chi connectivity index (χ4n) is 1.99. The Balaban J connectivity index is 3.02. The molecule has 0 aliphatic heterocycles. The smallest absolute Gasteiger partial charge is 0.409 e. The third-order valence-electron chi connectivity index (χ3n) is 2.71. The predicted octanol–water partition coefficient (Wildman–Crippen LogP) is 0.426. The summed E-state index contributed by atoms with van der Waals surface area (Å²) in [5.41, 5.74) is 2.49. The molecule has 20 heavy (non-hydrogen) atoms. The number of aliphatic carboxylic acids is 2. The highest BCUT2D eigenvalue weighted by atomic mass is 16.6. The van der Waals surface area contributed by atoms with Gasteiger partial charge in [-0.3, -0.25) is 5.32 Å². The van der Waals surface area contributed by atoms with Gasteiger partial charge < -0.3 is 20.7 Å². The molecule has 0 aromatic heterocycles. The Morgan fingerprint density at radius 3 is 2.20 bits per heavy atom. The maximum absolute atomic E-state index is 11.7. The number of rotatable bonds is 3. The minimum absolute atomic E-state index is 0.0183. The van der Waals surface area contributed by atoms with Crippen molar-refractivity contribution in [2.75, 3.05) is 0 Å². The summed E-state index contributed by atoms with van der Waals surface area (Å²) in [6, 6.07) is 0. The predicted molar refractivity (Wildman–Crippen MR) is 67.8 cm³/mol. The lowest BCUT2D eigenvalue weighted by atomic mass is 10.0. The number of hydrogen-bond acceptors (Lipinski definition) is 5. The first-order valence-electron chi connectivity index (χ1n) is 5.96. The summed E-state index contributed by atoms with van der Waals surface area (Å²) >= 11 is 0. The summed E-state index contributed by atoms with van der Waals surface area (Å²) in [5.74, 6) is -2.83. The molecule has 0 spiro atoms. The van der Waals surface area contributed by atoms with Gasteiger partial charge in [0.15, 0.2) is 0 Å². The van der Waals surface area contributed by atoms with Gasteiger partial charge in [-0.25, -0.2) is 14.4 Å². The second-order valence-electron chi connectivity index (χ2n) is 5.56. The second kappa shape index (κ2) is 5.12. The molecule has 0 fully saturated rings. The number of amides is 1. The lowest BCUT2D eigenvalue weighted by Gasteiger charge is -2.29. The molecule has 0 bridgehead atoms.